The highest BCUT2D eigenvalue weighted by Crippen LogP contribution is 2.40. The Morgan fingerprint density at radius 2 is 1.78 bits per heavy atom. The second kappa shape index (κ2) is 16.3. The number of esters is 1. The van der Waals surface area contributed by atoms with Crippen LogP contribution in [0.3, 0.4) is 0 Å². The Kier molecular flexibility index (Phi) is 12.1. The van der Waals surface area contributed by atoms with Crippen LogP contribution in [-0.4, -0.2) is 57.6 Å². The number of hydrogen-bond acceptors (Lipinski definition) is 9. The van der Waals surface area contributed by atoms with Gasteiger partial charge >= 0.3 is 12.1 Å². The van der Waals surface area contributed by atoms with Crippen LogP contribution in [0.15, 0.2) is 47.0 Å². The van der Waals surface area contributed by atoms with E-state index in [1.807, 2.05) is 58.0 Å². The molecule has 0 saturated heterocycles. The number of alkyl carbamates (subject to hydrolysis) is 1. The number of aromatic nitrogens is 3. The number of ketones is 1. The number of halogens is 2. The molecule has 0 spiro atoms. The predicted octanol–water partition coefficient (Wildman–Crippen LogP) is 7.12. The third kappa shape index (κ3) is 8.39. The van der Waals surface area contributed by atoms with E-state index in [9.17, 15) is 19.2 Å². The second-order valence-corrected chi connectivity index (χ2v) is 14.1. The van der Waals surface area contributed by atoms with Crippen molar-refractivity contribution in [2.24, 2.45) is 11.8 Å². The minimum absolute atomic E-state index is 0.0305. The first-order chi connectivity index (χ1) is 24.4. The lowest BCUT2D eigenvalue weighted by Crippen LogP contribution is -2.62. The van der Waals surface area contributed by atoms with Gasteiger partial charge in [0, 0.05) is 34.9 Å². The summed E-state index contributed by atoms with van der Waals surface area (Å²) < 4.78 is 15.7. The fourth-order valence-electron chi connectivity index (χ4n) is 6.56. The molecule has 2 aromatic carbocycles. The number of rotatable bonds is 14. The zero-order valence-electron chi connectivity index (χ0n) is 29.3. The summed E-state index contributed by atoms with van der Waals surface area (Å²) >= 11 is 13.0. The van der Waals surface area contributed by atoms with Gasteiger partial charge in [-0.3, -0.25) is 9.59 Å². The minimum Gasteiger partial charge on any atom is -0.463 e. The molecule has 272 valence electrons. The van der Waals surface area contributed by atoms with Gasteiger partial charge in [-0.15, -0.1) is 0 Å². The lowest BCUT2D eigenvalue weighted by Gasteiger charge is -2.39. The SMILES string of the molecule is CCC(C)[C@H](NC(=O)OCc1ccccc1)C(=O)N[C@]1(C(=O)C[C@H](c2nc(C(=O)OC)no2)C(C)CC)CCc2[nH]c3c(Cl)cc(Cl)cc3c2C1. The van der Waals surface area contributed by atoms with Gasteiger partial charge in [-0.25, -0.2) is 9.59 Å². The summed E-state index contributed by atoms with van der Waals surface area (Å²) in [5, 5.41) is 11.3. The summed E-state index contributed by atoms with van der Waals surface area (Å²) in [4.78, 5) is 62.0. The van der Waals surface area contributed by atoms with Crippen LogP contribution in [0.1, 0.15) is 92.6 Å². The number of aryl methyl sites for hydroxylation is 1. The Balaban J connectivity index is 1.49. The van der Waals surface area contributed by atoms with Crippen molar-refractivity contribution in [2.45, 2.75) is 90.3 Å². The molecule has 5 rings (SSSR count). The van der Waals surface area contributed by atoms with E-state index in [4.69, 9.17) is 37.2 Å². The van der Waals surface area contributed by atoms with Crippen molar-refractivity contribution in [1.82, 2.24) is 25.8 Å². The number of H-pyrrole nitrogens is 1. The molecule has 5 atom stereocenters. The molecule has 12 nitrogen and oxygen atoms in total. The molecule has 2 unspecified atom stereocenters. The van der Waals surface area contributed by atoms with Gasteiger partial charge in [0.05, 0.1) is 17.6 Å². The Morgan fingerprint density at radius 3 is 2.47 bits per heavy atom. The Labute approximate surface area is 306 Å². The van der Waals surface area contributed by atoms with Crippen molar-refractivity contribution in [2.75, 3.05) is 7.11 Å². The highest BCUT2D eigenvalue weighted by atomic mass is 35.5. The number of hydrogen-bond donors (Lipinski definition) is 3. The number of nitrogens with zero attached hydrogens (tertiary/aromatic N) is 2. The number of ether oxygens (including phenoxy) is 2. The number of amides is 2. The van der Waals surface area contributed by atoms with Gasteiger partial charge in [-0.1, -0.05) is 94.1 Å². The maximum Gasteiger partial charge on any atom is 0.408 e. The van der Waals surface area contributed by atoms with Crippen LogP contribution < -0.4 is 10.6 Å². The normalized spacial score (nSPS) is 17.9. The van der Waals surface area contributed by atoms with E-state index in [1.165, 1.54) is 7.11 Å². The van der Waals surface area contributed by atoms with Crippen molar-refractivity contribution in [3.8, 4) is 0 Å². The van der Waals surface area contributed by atoms with E-state index >= 15 is 0 Å². The van der Waals surface area contributed by atoms with E-state index in [1.54, 1.807) is 12.1 Å². The monoisotopic (exact) mass is 739 g/mol. The topological polar surface area (TPSA) is 166 Å². The van der Waals surface area contributed by atoms with E-state index in [2.05, 4.69) is 25.8 Å². The maximum absolute atomic E-state index is 14.8. The molecule has 2 aromatic heterocycles. The van der Waals surface area contributed by atoms with Crippen LogP contribution in [0.2, 0.25) is 10.0 Å². The molecule has 0 saturated carbocycles. The van der Waals surface area contributed by atoms with E-state index in [-0.39, 0.29) is 55.2 Å². The molecule has 0 aliphatic heterocycles. The van der Waals surface area contributed by atoms with Gasteiger partial charge in [0.15, 0.2) is 5.78 Å². The molecule has 51 heavy (non-hydrogen) atoms. The third-order valence-electron chi connectivity index (χ3n) is 10.0. The first-order valence-electron chi connectivity index (χ1n) is 17.1. The van der Waals surface area contributed by atoms with Crippen molar-refractivity contribution in [3.05, 3.63) is 81.0 Å². The summed E-state index contributed by atoms with van der Waals surface area (Å²) in [5.41, 5.74) is 1.81. The van der Waals surface area contributed by atoms with E-state index in [0.29, 0.717) is 34.8 Å². The number of carbonyl (C=O) groups is 4. The molecule has 1 aliphatic carbocycles. The van der Waals surface area contributed by atoms with E-state index in [0.717, 1.165) is 22.2 Å². The molecular formula is C37H43Cl2N5O7. The fraction of sp³-hybridized carbons (Fsp3) is 0.459. The molecule has 14 heteroatoms. The van der Waals surface area contributed by atoms with Gasteiger partial charge < -0.3 is 29.6 Å². The number of benzene rings is 2. The lowest BCUT2D eigenvalue weighted by molar-refractivity contribution is -0.134. The van der Waals surface area contributed by atoms with Gasteiger partial charge in [-0.05, 0) is 53.1 Å². The number of methoxy groups -OCH3 is 1. The minimum atomic E-state index is -1.40. The second-order valence-electron chi connectivity index (χ2n) is 13.3. The Hall–Kier alpha value is -4.42. The third-order valence-corrected chi connectivity index (χ3v) is 10.6. The molecule has 0 bridgehead atoms. The Morgan fingerprint density at radius 1 is 1.06 bits per heavy atom. The molecule has 3 N–H and O–H groups in total. The number of aromatic amines is 1. The molecule has 2 amide bonds. The number of Topliss-reactive ketones (excluding diaryl/α,β-unsaturated/α-hetero) is 1. The number of fused-ring (bicyclic) bond motifs is 3. The van der Waals surface area contributed by atoms with Crippen LogP contribution in [0.4, 0.5) is 4.79 Å². The van der Waals surface area contributed by atoms with Gasteiger partial charge in [-0.2, -0.15) is 4.98 Å². The van der Waals surface area contributed by atoms with Crippen LogP contribution in [0.25, 0.3) is 10.9 Å². The lowest BCUT2D eigenvalue weighted by atomic mass is 9.73. The molecule has 2 heterocycles. The summed E-state index contributed by atoms with van der Waals surface area (Å²) in [6, 6.07) is 11.7. The maximum atomic E-state index is 14.8. The molecule has 4 aromatic rings. The van der Waals surface area contributed by atoms with Crippen LogP contribution in [0, 0.1) is 11.8 Å². The standard InChI is InChI=1S/C37H43Cl2N5O7/c1-6-20(3)24(34-42-32(44-51-34)35(47)49-5)17-29(45)37(14-13-28-26(18-37)25-15-23(38)16-27(39)31(25)40-28)43-33(46)30(21(4)7-2)41-36(48)50-19-22-11-9-8-10-12-22/h8-12,15-16,20-21,24,30,40H,6-7,13-14,17-19H2,1-5H3,(H,41,48)(H,43,46)/t20?,21?,24-,30-,37+/m0/s1. The van der Waals surface area contributed by atoms with Crippen molar-refractivity contribution < 1.29 is 33.2 Å². The first-order valence-corrected chi connectivity index (χ1v) is 17.9. The van der Waals surface area contributed by atoms with Crippen molar-refractivity contribution in [1.29, 1.82) is 0 Å². The first kappa shape index (κ1) is 37.8. The zero-order valence-corrected chi connectivity index (χ0v) is 30.8. The molecule has 1 aliphatic rings. The van der Waals surface area contributed by atoms with Gasteiger partial charge in [0.2, 0.25) is 11.8 Å². The summed E-state index contributed by atoms with van der Waals surface area (Å²) in [6.45, 7) is 7.73. The van der Waals surface area contributed by atoms with Crippen LogP contribution >= 0.6 is 23.2 Å². The van der Waals surface area contributed by atoms with Crippen LogP contribution in [-0.2, 0) is 38.5 Å². The highest BCUT2D eigenvalue weighted by molar-refractivity contribution is 6.38. The summed E-state index contributed by atoms with van der Waals surface area (Å²) in [6.07, 6.45) is 1.24. The van der Waals surface area contributed by atoms with Crippen molar-refractivity contribution in [3.63, 3.8) is 0 Å². The molecule has 0 fully saturated rings. The molecule has 0 radical (unpaired) electrons. The molecular weight excluding hydrogens is 697 g/mol. The largest absolute Gasteiger partial charge is 0.463 e. The number of nitrogens with one attached hydrogen (secondary N) is 3. The van der Waals surface area contributed by atoms with Gasteiger partial charge in [0.25, 0.3) is 5.82 Å². The Bertz CT molecular complexity index is 1890. The average molecular weight is 741 g/mol. The van der Waals surface area contributed by atoms with Gasteiger partial charge in [0.1, 0.15) is 18.2 Å². The van der Waals surface area contributed by atoms with E-state index < -0.39 is 35.5 Å². The fourth-order valence-corrected chi connectivity index (χ4v) is 7.11. The quantitative estimate of drug-likeness (QED) is 0.114. The summed E-state index contributed by atoms with van der Waals surface area (Å²) in [7, 11) is 1.22. The van der Waals surface area contributed by atoms with Crippen LogP contribution in [0.5, 0.6) is 0 Å². The van der Waals surface area contributed by atoms with Crippen molar-refractivity contribution >= 4 is 57.9 Å². The highest BCUT2D eigenvalue weighted by Gasteiger charge is 2.46. The summed E-state index contributed by atoms with van der Waals surface area (Å²) in [5.74, 6) is -2.62. The zero-order chi connectivity index (χ0) is 36.9. The number of carbonyl (C=O) groups excluding carboxylic acids is 4. The predicted molar refractivity (Wildman–Crippen MR) is 192 cm³/mol. The smallest absolute Gasteiger partial charge is 0.408 e. The average Bonchev–Trinajstić information content (AvgIpc) is 3.76.